The highest BCUT2D eigenvalue weighted by Gasteiger charge is 2.35. The Morgan fingerprint density at radius 2 is 2.10 bits per heavy atom. The van der Waals surface area contributed by atoms with Gasteiger partial charge in [0, 0.05) is 32.5 Å². The highest BCUT2D eigenvalue weighted by atomic mass is 16.4. The summed E-state index contributed by atoms with van der Waals surface area (Å²) in [6.07, 6.45) is 0.0709. The number of carbonyl (C=O) groups is 3. The summed E-state index contributed by atoms with van der Waals surface area (Å²) in [5.41, 5.74) is 0. The van der Waals surface area contributed by atoms with E-state index in [-0.39, 0.29) is 25.4 Å². The molecule has 7 heteroatoms. The van der Waals surface area contributed by atoms with Crippen LogP contribution < -0.4 is 5.32 Å². The first-order chi connectivity index (χ1) is 9.35. The van der Waals surface area contributed by atoms with Crippen LogP contribution in [0.2, 0.25) is 0 Å². The second-order valence-corrected chi connectivity index (χ2v) is 5.51. The van der Waals surface area contributed by atoms with Gasteiger partial charge in [-0.1, -0.05) is 13.8 Å². The van der Waals surface area contributed by atoms with E-state index >= 15 is 0 Å². The molecule has 114 valence electrons. The summed E-state index contributed by atoms with van der Waals surface area (Å²) >= 11 is 0. The number of carboxylic acids is 1. The zero-order chi connectivity index (χ0) is 15.3. The lowest BCUT2D eigenvalue weighted by Crippen LogP contribution is -2.44. The van der Waals surface area contributed by atoms with Gasteiger partial charge in [-0.15, -0.1) is 0 Å². The third-order valence-corrected chi connectivity index (χ3v) is 3.20. The van der Waals surface area contributed by atoms with E-state index in [1.165, 1.54) is 0 Å². The molecule has 0 spiro atoms. The van der Waals surface area contributed by atoms with Gasteiger partial charge in [0.1, 0.15) is 6.04 Å². The summed E-state index contributed by atoms with van der Waals surface area (Å²) < 4.78 is 0. The molecule has 0 saturated carbocycles. The maximum Gasteiger partial charge on any atom is 0.326 e. The summed E-state index contributed by atoms with van der Waals surface area (Å²) in [4.78, 5) is 36.3. The van der Waals surface area contributed by atoms with Crippen LogP contribution in [0.1, 0.15) is 26.7 Å². The third-order valence-electron chi connectivity index (χ3n) is 3.20. The van der Waals surface area contributed by atoms with Gasteiger partial charge in [-0.05, 0) is 5.92 Å². The summed E-state index contributed by atoms with van der Waals surface area (Å²) in [6, 6.07) is -1.11. The molecule has 2 amide bonds. The molecule has 0 aromatic rings. The molecule has 1 saturated heterocycles. The number of rotatable bonds is 7. The second-order valence-electron chi connectivity index (χ2n) is 5.51. The van der Waals surface area contributed by atoms with Crippen LogP contribution in [0.3, 0.4) is 0 Å². The van der Waals surface area contributed by atoms with E-state index in [1.54, 1.807) is 4.90 Å². The Morgan fingerprint density at radius 3 is 2.60 bits per heavy atom. The largest absolute Gasteiger partial charge is 0.480 e. The first kappa shape index (κ1) is 16.4. The molecule has 1 heterocycles. The Hall–Kier alpha value is -1.63. The number of hydrogen-bond acceptors (Lipinski definition) is 4. The van der Waals surface area contributed by atoms with Crippen LogP contribution in [-0.2, 0) is 14.4 Å². The van der Waals surface area contributed by atoms with Crippen LogP contribution in [0.25, 0.3) is 0 Å². The lowest BCUT2D eigenvalue weighted by Gasteiger charge is -2.19. The number of aliphatic carboxylic acids is 1. The Bertz CT molecular complexity index is 383. The first-order valence-electron chi connectivity index (χ1n) is 6.77. The molecule has 1 fully saturated rings. The van der Waals surface area contributed by atoms with Crippen LogP contribution in [0.4, 0.5) is 0 Å². The van der Waals surface area contributed by atoms with Gasteiger partial charge in [0.2, 0.25) is 11.8 Å². The number of carbonyl (C=O) groups excluding carboxylic acids is 2. The van der Waals surface area contributed by atoms with E-state index < -0.39 is 23.8 Å². The predicted molar refractivity (Wildman–Crippen MR) is 70.8 cm³/mol. The summed E-state index contributed by atoms with van der Waals surface area (Å²) in [7, 11) is 0. The first-order valence-corrected chi connectivity index (χ1v) is 6.77. The molecule has 1 aliphatic rings. The zero-order valence-electron chi connectivity index (χ0n) is 11.8. The lowest BCUT2D eigenvalue weighted by atomic mass is 10.1. The quantitative estimate of drug-likeness (QED) is 0.582. The van der Waals surface area contributed by atoms with E-state index in [4.69, 9.17) is 10.2 Å². The van der Waals surface area contributed by atoms with Gasteiger partial charge in [-0.2, -0.15) is 0 Å². The average Bonchev–Trinajstić information content (AvgIpc) is 2.69. The minimum Gasteiger partial charge on any atom is -0.480 e. The number of nitrogens with one attached hydrogen (secondary N) is 1. The van der Waals surface area contributed by atoms with Crippen molar-refractivity contribution in [1.82, 2.24) is 10.2 Å². The minimum atomic E-state index is -1.18. The van der Waals surface area contributed by atoms with Gasteiger partial charge in [-0.25, -0.2) is 4.79 Å². The molecule has 7 nitrogen and oxygen atoms in total. The van der Waals surface area contributed by atoms with E-state index in [9.17, 15) is 14.4 Å². The van der Waals surface area contributed by atoms with Crippen LogP contribution in [0, 0.1) is 11.8 Å². The minimum absolute atomic E-state index is 0.0442. The summed E-state index contributed by atoms with van der Waals surface area (Å²) in [5, 5.41) is 20.1. The summed E-state index contributed by atoms with van der Waals surface area (Å²) in [6.45, 7) is 4.58. The number of aliphatic hydroxyl groups is 1. The molecule has 0 aliphatic carbocycles. The molecule has 1 unspecified atom stereocenters. The SMILES string of the molecule is CC(C)CN1CC(C(=O)N[C@@H](CCO)C(=O)O)CC1=O. The van der Waals surface area contributed by atoms with Gasteiger partial charge < -0.3 is 20.4 Å². The number of hydrogen-bond donors (Lipinski definition) is 3. The van der Waals surface area contributed by atoms with Crippen molar-refractivity contribution in [3.05, 3.63) is 0 Å². The lowest BCUT2D eigenvalue weighted by molar-refractivity contribution is -0.142. The van der Waals surface area contributed by atoms with Crippen molar-refractivity contribution < 1.29 is 24.6 Å². The van der Waals surface area contributed by atoms with Crippen molar-refractivity contribution in [1.29, 1.82) is 0 Å². The highest BCUT2D eigenvalue weighted by Crippen LogP contribution is 2.19. The van der Waals surface area contributed by atoms with E-state index in [2.05, 4.69) is 5.32 Å². The molecule has 0 bridgehead atoms. The van der Waals surface area contributed by atoms with E-state index in [0.29, 0.717) is 19.0 Å². The maximum atomic E-state index is 12.0. The molecule has 0 radical (unpaired) electrons. The molecular weight excluding hydrogens is 264 g/mol. The standard InChI is InChI=1S/C13H22N2O5/c1-8(2)6-15-7-9(5-11(15)17)12(18)14-10(3-4-16)13(19)20/h8-10,16H,3-7H2,1-2H3,(H,14,18)(H,19,20)/t9?,10-/m0/s1. The molecule has 0 aromatic carbocycles. The monoisotopic (exact) mass is 286 g/mol. The maximum absolute atomic E-state index is 12.0. The fraction of sp³-hybridized carbons (Fsp3) is 0.769. The molecule has 2 atom stereocenters. The topological polar surface area (TPSA) is 107 Å². The van der Waals surface area contributed by atoms with Gasteiger partial charge in [-0.3, -0.25) is 9.59 Å². The zero-order valence-corrected chi connectivity index (χ0v) is 11.8. The van der Waals surface area contributed by atoms with Crippen molar-refractivity contribution >= 4 is 17.8 Å². The van der Waals surface area contributed by atoms with Crippen molar-refractivity contribution in [2.24, 2.45) is 11.8 Å². The fourth-order valence-electron chi connectivity index (χ4n) is 2.24. The number of likely N-dealkylation sites (tertiary alicyclic amines) is 1. The highest BCUT2D eigenvalue weighted by molar-refractivity contribution is 5.91. The van der Waals surface area contributed by atoms with Crippen LogP contribution in [-0.4, -0.2) is 58.6 Å². The molecule has 0 aromatic heterocycles. The van der Waals surface area contributed by atoms with Gasteiger partial charge in [0.05, 0.1) is 5.92 Å². The van der Waals surface area contributed by atoms with Gasteiger partial charge in [0.15, 0.2) is 0 Å². The van der Waals surface area contributed by atoms with Gasteiger partial charge in [0.25, 0.3) is 0 Å². The number of amides is 2. The Labute approximate surface area is 117 Å². The normalized spacial score (nSPS) is 20.3. The van der Waals surface area contributed by atoms with Crippen molar-refractivity contribution in [3.8, 4) is 0 Å². The third kappa shape index (κ3) is 4.48. The Balaban J connectivity index is 2.56. The molecular formula is C13H22N2O5. The van der Waals surface area contributed by atoms with E-state index in [0.717, 1.165) is 0 Å². The van der Waals surface area contributed by atoms with Gasteiger partial charge >= 0.3 is 5.97 Å². The molecule has 20 heavy (non-hydrogen) atoms. The average molecular weight is 286 g/mol. The number of nitrogens with zero attached hydrogens (tertiary/aromatic N) is 1. The van der Waals surface area contributed by atoms with Crippen LogP contribution in [0.15, 0.2) is 0 Å². The smallest absolute Gasteiger partial charge is 0.326 e. The second kappa shape index (κ2) is 7.23. The van der Waals surface area contributed by atoms with Crippen LogP contribution >= 0.6 is 0 Å². The molecule has 3 N–H and O–H groups in total. The van der Waals surface area contributed by atoms with Crippen molar-refractivity contribution in [3.63, 3.8) is 0 Å². The molecule has 1 rings (SSSR count). The van der Waals surface area contributed by atoms with Crippen molar-refractivity contribution in [2.45, 2.75) is 32.7 Å². The van der Waals surface area contributed by atoms with E-state index in [1.807, 2.05) is 13.8 Å². The Kier molecular flexibility index (Phi) is 5.94. The fourth-order valence-corrected chi connectivity index (χ4v) is 2.24. The number of carboxylic acid groups (broad SMARTS) is 1. The van der Waals surface area contributed by atoms with Crippen molar-refractivity contribution in [2.75, 3.05) is 19.7 Å². The Morgan fingerprint density at radius 1 is 1.45 bits per heavy atom. The summed E-state index contributed by atoms with van der Waals surface area (Å²) in [5.74, 6) is -1.89. The number of aliphatic hydroxyl groups excluding tert-OH is 1. The predicted octanol–water partition coefficient (Wildman–Crippen LogP) is -0.557. The van der Waals surface area contributed by atoms with Crippen LogP contribution in [0.5, 0.6) is 0 Å². The molecule has 1 aliphatic heterocycles.